The molecule has 138 valence electrons. The standard InChI is InChI=1S/C18H22N4O2S2/c1-5-13-7-9-15(25-13)11(3)19-21-17(23)18(24)22-20-12(4)16-10-8-14(6-2)26-16/h7-10H,5-6H2,1-4H3,(H,21,23)(H,22,24)/b19-11+,20-12+. The first-order valence-corrected chi connectivity index (χ1v) is 9.94. The van der Waals surface area contributed by atoms with Crippen LogP contribution in [0.25, 0.3) is 0 Å². The molecule has 0 fully saturated rings. The zero-order chi connectivity index (χ0) is 19.1. The molecule has 2 rings (SSSR count). The molecule has 8 heteroatoms. The van der Waals surface area contributed by atoms with Crippen LogP contribution in [0, 0.1) is 0 Å². The molecule has 2 aromatic heterocycles. The highest BCUT2D eigenvalue weighted by molar-refractivity contribution is 7.14. The SMILES string of the molecule is CCc1ccc(/C(C)=N/NC(=O)C(=O)N/N=C(\C)c2ccc(CC)s2)s1. The number of aryl methyl sites for hydroxylation is 2. The predicted octanol–water partition coefficient (Wildman–Crippen LogP) is 3.32. The minimum absolute atomic E-state index is 0.654. The topological polar surface area (TPSA) is 82.9 Å². The summed E-state index contributed by atoms with van der Waals surface area (Å²) in [6.07, 6.45) is 1.90. The average Bonchev–Trinajstić information content (AvgIpc) is 3.32. The van der Waals surface area contributed by atoms with Gasteiger partial charge >= 0.3 is 11.8 Å². The summed E-state index contributed by atoms with van der Waals surface area (Å²) < 4.78 is 0. The fraction of sp³-hybridized carbons (Fsp3) is 0.333. The Balaban J connectivity index is 1.91. The molecular formula is C18H22N4O2S2. The van der Waals surface area contributed by atoms with Gasteiger partial charge in [-0.2, -0.15) is 10.2 Å². The predicted molar refractivity (Wildman–Crippen MR) is 108 cm³/mol. The molecule has 0 saturated heterocycles. The molecule has 0 saturated carbocycles. The molecule has 26 heavy (non-hydrogen) atoms. The minimum Gasteiger partial charge on any atom is -0.262 e. The van der Waals surface area contributed by atoms with E-state index >= 15 is 0 Å². The second kappa shape index (κ2) is 9.40. The van der Waals surface area contributed by atoms with Crippen LogP contribution in [0.3, 0.4) is 0 Å². The van der Waals surface area contributed by atoms with Gasteiger partial charge in [-0.05, 0) is 51.0 Å². The van der Waals surface area contributed by atoms with Crippen LogP contribution in [0.4, 0.5) is 0 Å². The second-order valence-corrected chi connectivity index (χ2v) is 7.85. The summed E-state index contributed by atoms with van der Waals surface area (Å²) in [6, 6.07) is 7.96. The number of carbonyl (C=O) groups is 2. The summed E-state index contributed by atoms with van der Waals surface area (Å²) in [5.74, 6) is -1.71. The molecule has 2 aromatic rings. The first kappa shape index (κ1) is 20.0. The quantitative estimate of drug-likeness (QED) is 0.451. The van der Waals surface area contributed by atoms with E-state index < -0.39 is 11.8 Å². The number of hydrogen-bond donors (Lipinski definition) is 2. The molecule has 2 heterocycles. The van der Waals surface area contributed by atoms with Gasteiger partial charge in [0.25, 0.3) is 0 Å². The number of nitrogens with zero attached hydrogens (tertiary/aromatic N) is 2. The van der Waals surface area contributed by atoms with Crippen LogP contribution >= 0.6 is 22.7 Å². The molecule has 0 aliphatic heterocycles. The van der Waals surface area contributed by atoms with Crippen molar-refractivity contribution in [3.63, 3.8) is 0 Å². The van der Waals surface area contributed by atoms with Crippen molar-refractivity contribution in [1.29, 1.82) is 0 Å². The Kier molecular flexibility index (Phi) is 7.23. The third-order valence-corrected chi connectivity index (χ3v) is 6.27. The van der Waals surface area contributed by atoms with Gasteiger partial charge in [0.2, 0.25) is 0 Å². The maximum absolute atomic E-state index is 11.8. The van der Waals surface area contributed by atoms with Gasteiger partial charge in [-0.1, -0.05) is 13.8 Å². The van der Waals surface area contributed by atoms with Crippen molar-refractivity contribution in [1.82, 2.24) is 10.9 Å². The molecule has 0 spiro atoms. The lowest BCUT2D eigenvalue weighted by Crippen LogP contribution is -2.36. The Labute approximate surface area is 161 Å². The largest absolute Gasteiger partial charge is 0.331 e. The van der Waals surface area contributed by atoms with Crippen LogP contribution < -0.4 is 10.9 Å². The molecule has 0 unspecified atom stereocenters. The Morgan fingerprint density at radius 3 is 1.50 bits per heavy atom. The number of amides is 2. The lowest BCUT2D eigenvalue weighted by atomic mass is 10.3. The Hall–Kier alpha value is -2.32. The van der Waals surface area contributed by atoms with E-state index in [4.69, 9.17) is 0 Å². The van der Waals surface area contributed by atoms with Gasteiger partial charge < -0.3 is 0 Å². The first-order valence-electron chi connectivity index (χ1n) is 8.31. The summed E-state index contributed by atoms with van der Waals surface area (Å²) in [6.45, 7) is 7.73. The number of nitrogens with one attached hydrogen (secondary N) is 2. The molecule has 2 N–H and O–H groups in total. The van der Waals surface area contributed by atoms with Crippen molar-refractivity contribution in [2.45, 2.75) is 40.5 Å². The molecule has 0 aromatic carbocycles. The average molecular weight is 391 g/mol. The van der Waals surface area contributed by atoms with E-state index in [9.17, 15) is 9.59 Å². The van der Waals surface area contributed by atoms with Crippen molar-refractivity contribution < 1.29 is 9.59 Å². The van der Waals surface area contributed by atoms with Gasteiger partial charge in [-0.3, -0.25) is 9.59 Å². The molecule has 6 nitrogen and oxygen atoms in total. The summed E-state index contributed by atoms with van der Waals surface area (Å²) in [4.78, 5) is 28.1. The molecule has 0 aliphatic carbocycles. The van der Waals surface area contributed by atoms with Gasteiger partial charge in [-0.15, -0.1) is 22.7 Å². The molecule has 0 aliphatic rings. The molecule has 0 bridgehead atoms. The highest BCUT2D eigenvalue weighted by atomic mass is 32.1. The van der Waals surface area contributed by atoms with Gasteiger partial charge in [0, 0.05) is 9.75 Å². The molecule has 2 amide bonds. The highest BCUT2D eigenvalue weighted by Gasteiger charge is 2.13. The summed E-state index contributed by atoms with van der Waals surface area (Å²) in [5, 5.41) is 7.97. The Morgan fingerprint density at radius 1 is 0.808 bits per heavy atom. The Bertz CT molecular complexity index is 779. The zero-order valence-electron chi connectivity index (χ0n) is 15.3. The normalized spacial score (nSPS) is 12.2. The van der Waals surface area contributed by atoms with Crippen molar-refractivity contribution in [3.8, 4) is 0 Å². The number of carbonyl (C=O) groups excluding carboxylic acids is 2. The van der Waals surface area contributed by atoms with E-state index in [1.54, 1.807) is 36.5 Å². The van der Waals surface area contributed by atoms with Crippen molar-refractivity contribution >= 4 is 45.9 Å². The maximum atomic E-state index is 11.8. The van der Waals surface area contributed by atoms with Crippen LogP contribution in [0.5, 0.6) is 0 Å². The Morgan fingerprint density at radius 2 is 1.19 bits per heavy atom. The smallest absolute Gasteiger partial charge is 0.262 e. The summed E-state index contributed by atoms with van der Waals surface area (Å²) >= 11 is 3.23. The summed E-state index contributed by atoms with van der Waals surface area (Å²) in [7, 11) is 0. The van der Waals surface area contributed by atoms with Crippen molar-refractivity contribution in [2.75, 3.05) is 0 Å². The van der Waals surface area contributed by atoms with E-state index in [0.717, 1.165) is 22.6 Å². The molecular weight excluding hydrogens is 368 g/mol. The third kappa shape index (κ3) is 5.34. The van der Waals surface area contributed by atoms with Crippen molar-refractivity contribution in [2.24, 2.45) is 10.2 Å². The van der Waals surface area contributed by atoms with Gasteiger partial charge in [0.15, 0.2) is 0 Å². The van der Waals surface area contributed by atoms with Crippen LogP contribution in [-0.2, 0) is 22.4 Å². The summed E-state index contributed by atoms with van der Waals surface area (Å²) in [5.41, 5.74) is 5.83. The lowest BCUT2D eigenvalue weighted by molar-refractivity contribution is -0.139. The second-order valence-electron chi connectivity index (χ2n) is 5.52. The van der Waals surface area contributed by atoms with Gasteiger partial charge in [0.05, 0.1) is 21.2 Å². The van der Waals surface area contributed by atoms with Crippen LogP contribution in [-0.4, -0.2) is 23.2 Å². The van der Waals surface area contributed by atoms with E-state index in [0.29, 0.717) is 11.4 Å². The van der Waals surface area contributed by atoms with E-state index in [1.807, 2.05) is 24.3 Å². The molecule has 0 atom stereocenters. The fourth-order valence-electron chi connectivity index (χ4n) is 2.01. The van der Waals surface area contributed by atoms with E-state index in [-0.39, 0.29) is 0 Å². The van der Waals surface area contributed by atoms with Crippen molar-refractivity contribution in [3.05, 3.63) is 43.8 Å². The fourth-order valence-corrected chi connectivity index (χ4v) is 3.79. The number of thiophene rings is 2. The van der Waals surface area contributed by atoms with Crippen LogP contribution in [0.15, 0.2) is 34.5 Å². The van der Waals surface area contributed by atoms with E-state index in [2.05, 4.69) is 34.9 Å². The lowest BCUT2D eigenvalue weighted by Gasteiger charge is -2.01. The maximum Gasteiger partial charge on any atom is 0.331 e. The van der Waals surface area contributed by atoms with Gasteiger partial charge in [-0.25, -0.2) is 10.9 Å². The molecule has 0 radical (unpaired) electrons. The first-order chi connectivity index (χ1) is 12.4. The number of hydrogen-bond acceptors (Lipinski definition) is 6. The van der Waals surface area contributed by atoms with Gasteiger partial charge in [0.1, 0.15) is 0 Å². The van der Waals surface area contributed by atoms with Crippen LogP contribution in [0.1, 0.15) is 47.2 Å². The highest BCUT2D eigenvalue weighted by Crippen LogP contribution is 2.18. The van der Waals surface area contributed by atoms with E-state index in [1.165, 1.54) is 9.75 Å². The number of hydrazone groups is 2. The minimum atomic E-state index is -0.853. The monoisotopic (exact) mass is 390 g/mol. The van der Waals surface area contributed by atoms with Crippen LogP contribution in [0.2, 0.25) is 0 Å². The third-order valence-electron chi connectivity index (χ3n) is 3.59. The zero-order valence-corrected chi connectivity index (χ0v) is 16.9. The number of rotatable bonds is 6.